The molecule has 3 aromatic rings. The SMILES string of the molecule is CC(C)(C)c1nc(CNC(=O)Cc2cccc(F)c2)n(Oc2cc(F)cc(C#N)c2)n1. The second kappa shape index (κ2) is 8.92. The number of aromatic nitrogens is 3. The van der Waals surface area contributed by atoms with Gasteiger partial charge in [0.15, 0.2) is 17.4 Å². The van der Waals surface area contributed by atoms with Crippen LogP contribution in [0.3, 0.4) is 0 Å². The molecule has 9 heteroatoms. The molecule has 0 aliphatic heterocycles. The van der Waals surface area contributed by atoms with Gasteiger partial charge in [-0.25, -0.2) is 13.8 Å². The minimum atomic E-state index is -0.629. The van der Waals surface area contributed by atoms with Crippen LogP contribution in [0.25, 0.3) is 0 Å². The quantitative estimate of drug-likeness (QED) is 0.653. The van der Waals surface area contributed by atoms with Crippen LogP contribution in [-0.4, -0.2) is 20.8 Å². The van der Waals surface area contributed by atoms with Crippen LogP contribution in [0.2, 0.25) is 0 Å². The third-order valence-electron chi connectivity index (χ3n) is 4.20. The van der Waals surface area contributed by atoms with Crippen molar-refractivity contribution in [1.82, 2.24) is 20.2 Å². The molecular weight excluding hydrogens is 404 g/mol. The van der Waals surface area contributed by atoms with Gasteiger partial charge in [-0.15, -0.1) is 5.10 Å². The molecule has 0 spiro atoms. The number of nitrogens with one attached hydrogen (secondary N) is 1. The highest BCUT2D eigenvalue weighted by Crippen LogP contribution is 2.21. The standard InChI is InChI=1S/C22H21F2N5O2/c1-22(2,3)21-27-19(13-26-20(30)10-14-5-4-6-16(23)7-14)29(28-21)31-18-9-15(12-25)8-17(24)11-18/h4-9,11H,10,13H2,1-3H3,(H,26,30). The molecule has 0 bridgehead atoms. The minimum Gasteiger partial charge on any atom is -0.356 e. The molecule has 0 aliphatic rings. The lowest BCUT2D eigenvalue weighted by atomic mass is 9.96. The summed E-state index contributed by atoms with van der Waals surface area (Å²) in [5.74, 6) is -0.585. The number of halogens is 2. The summed E-state index contributed by atoms with van der Waals surface area (Å²) in [4.78, 5) is 23.4. The van der Waals surface area contributed by atoms with Crippen molar-refractivity contribution in [3.63, 3.8) is 0 Å². The predicted octanol–water partition coefficient (Wildman–Crippen LogP) is 3.43. The zero-order valence-corrected chi connectivity index (χ0v) is 17.3. The van der Waals surface area contributed by atoms with Crippen molar-refractivity contribution in [3.8, 4) is 11.8 Å². The second-order valence-corrected chi connectivity index (χ2v) is 7.94. The van der Waals surface area contributed by atoms with Crippen LogP contribution in [0.4, 0.5) is 8.78 Å². The molecule has 1 amide bonds. The molecule has 1 heterocycles. The van der Waals surface area contributed by atoms with Gasteiger partial charge in [-0.3, -0.25) is 4.79 Å². The zero-order chi connectivity index (χ0) is 22.6. The first-order valence-electron chi connectivity index (χ1n) is 9.50. The van der Waals surface area contributed by atoms with E-state index in [1.165, 1.54) is 24.3 Å². The maximum absolute atomic E-state index is 13.7. The van der Waals surface area contributed by atoms with Gasteiger partial charge in [0.05, 0.1) is 24.6 Å². The topological polar surface area (TPSA) is 92.8 Å². The van der Waals surface area contributed by atoms with Crippen LogP contribution in [0.5, 0.6) is 5.75 Å². The van der Waals surface area contributed by atoms with Crippen LogP contribution in [0.15, 0.2) is 42.5 Å². The fourth-order valence-corrected chi connectivity index (χ4v) is 2.68. The van der Waals surface area contributed by atoms with E-state index in [-0.39, 0.29) is 36.0 Å². The normalized spacial score (nSPS) is 11.1. The van der Waals surface area contributed by atoms with Gasteiger partial charge in [-0.2, -0.15) is 5.26 Å². The smallest absolute Gasteiger partial charge is 0.224 e. The van der Waals surface area contributed by atoms with E-state index >= 15 is 0 Å². The number of amides is 1. The van der Waals surface area contributed by atoms with Crippen LogP contribution < -0.4 is 10.2 Å². The number of nitrogens with zero attached hydrogens (tertiary/aromatic N) is 4. The summed E-state index contributed by atoms with van der Waals surface area (Å²) in [5.41, 5.74) is 0.222. The van der Waals surface area contributed by atoms with Crippen LogP contribution in [-0.2, 0) is 23.2 Å². The number of hydrogen-bond donors (Lipinski definition) is 1. The highest BCUT2D eigenvalue weighted by atomic mass is 19.1. The van der Waals surface area contributed by atoms with Gasteiger partial charge in [0, 0.05) is 17.5 Å². The molecule has 0 saturated carbocycles. The van der Waals surface area contributed by atoms with Gasteiger partial charge in [0.1, 0.15) is 11.6 Å². The lowest BCUT2D eigenvalue weighted by Gasteiger charge is -2.12. The number of rotatable bonds is 6. The average molecular weight is 425 g/mol. The van der Waals surface area contributed by atoms with Crippen molar-refractivity contribution in [2.75, 3.05) is 0 Å². The van der Waals surface area contributed by atoms with E-state index in [2.05, 4.69) is 15.4 Å². The highest BCUT2D eigenvalue weighted by Gasteiger charge is 2.23. The van der Waals surface area contributed by atoms with E-state index in [1.54, 1.807) is 6.07 Å². The Kier molecular flexibility index (Phi) is 6.30. The van der Waals surface area contributed by atoms with Crippen molar-refractivity contribution in [1.29, 1.82) is 5.26 Å². The second-order valence-electron chi connectivity index (χ2n) is 7.94. The summed E-state index contributed by atoms with van der Waals surface area (Å²) in [6.45, 7) is 5.72. The fourth-order valence-electron chi connectivity index (χ4n) is 2.68. The average Bonchev–Trinajstić information content (AvgIpc) is 3.09. The summed E-state index contributed by atoms with van der Waals surface area (Å²) in [5, 5.41) is 16.0. The summed E-state index contributed by atoms with van der Waals surface area (Å²) in [6, 6.07) is 11.2. The lowest BCUT2D eigenvalue weighted by Crippen LogP contribution is -2.27. The molecule has 0 saturated heterocycles. The first-order valence-corrected chi connectivity index (χ1v) is 9.50. The van der Waals surface area contributed by atoms with E-state index < -0.39 is 17.0 Å². The van der Waals surface area contributed by atoms with Gasteiger partial charge in [0.25, 0.3) is 0 Å². The fraction of sp³-hybridized carbons (Fsp3) is 0.273. The minimum absolute atomic E-state index is 0.00565. The third kappa shape index (κ3) is 5.85. The molecule has 0 atom stereocenters. The Bertz CT molecular complexity index is 1150. The number of benzene rings is 2. The van der Waals surface area contributed by atoms with Crippen LogP contribution in [0.1, 0.15) is 43.5 Å². The molecule has 0 fully saturated rings. The first kappa shape index (κ1) is 21.9. The van der Waals surface area contributed by atoms with Gasteiger partial charge in [-0.05, 0) is 23.8 Å². The molecule has 160 valence electrons. The van der Waals surface area contributed by atoms with Crippen LogP contribution >= 0.6 is 0 Å². The zero-order valence-electron chi connectivity index (χ0n) is 17.3. The molecule has 1 N–H and O–H groups in total. The molecular formula is C22H21F2N5O2. The largest absolute Gasteiger partial charge is 0.356 e. The maximum atomic E-state index is 13.7. The molecule has 7 nitrogen and oxygen atoms in total. The maximum Gasteiger partial charge on any atom is 0.224 e. The van der Waals surface area contributed by atoms with Gasteiger partial charge >= 0.3 is 0 Å². The van der Waals surface area contributed by atoms with E-state index in [9.17, 15) is 13.6 Å². The van der Waals surface area contributed by atoms with Crippen molar-refractivity contribution >= 4 is 5.91 Å². The molecule has 0 aliphatic carbocycles. The first-order chi connectivity index (χ1) is 14.6. The molecule has 0 radical (unpaired) electrons. The Morgan fingerprint density at radius 1 is 1.19 bits per heavy atom. The van der Waals surface area contributed by atoms with Crippen LogP contribution in [0, 0.1) is 23.0 Å². The number of nitriles is 1. The van der Waals surface area contributed by atoms with E-state index in [1.807, 2.05) is 26.8 Å². The van der Waals surface area contributed by atoms with E-state index in [4.69, 9.17) is 10.1 Å². The monoisotopic (exact) mass is 425 g/mol. The summed E-state index contributed by atoms with van der Waals surface area (Å²) < 4.78 is 27.1. The Labute approximate surface area is 178 Å². The molecule has 1 aromatic heterocycles. The van der Waals surface area contributed by atoms with Crippen molar-refractivity contribution in [3.05, 3.63) is 76.9 Å². The van der Waals surface area contributed by atoms with Gasteiger partial charge in [-0.1, -0.05) is 37.7 Å². The summed E-state index contributed by atoms with van der Waals surface area (Å²) >= 11 is 0. The third-order valence-corrected chi connectivity index (χ3v) is 4.20. The number of hydrogen-bond acceptors (Lipinski definition) is 5. The van der Waals surface area contributed by atoms with Crippen molar-refractivity contribution in [2.45, 2.75) is 39.2 Å². The van der Waals surface area contributed by atoms with E-state index in [0.717, 1.165) is 17.0 Å². The molecule has 3 rings (SSSR count). The number of carbonyl (C=O) groups excluding carboxylic acids is 1. The predicted molar refractivity (Wildman–Crippen MR) is 108 cm³/mol. The van der Waals surface area contributed by atoms with Crippen molar-refractivity contribution < 1.29 is 18.4 Å². The Morgan fingerprint density at radius 2 is 1.97 bits per heavy atom. The Morgan fingerprint density at radius 3 is 2.65 bits per heavy atom. The van der Waals surface area contributed by atoms with Gasteiger partial charge in [0.2, 0.25) is 5.91 Å². The highest BCUT2D eigenvalue weighted by molar-refractivity contribution is 5.78. The molecule has 0 unspecified atom stereocenters. The number of carbonyl (C=O) groups is 1. The van der Waals surface area contributed by atoms with Gasteiger partial charge < -0.3 is 10.2 Å². The summed E-state index contributed by atoms with van der Waals surface area (Å²) in [6.07, 6.45) is -0.00565. The lowest BCUT2D eigenvalue weighted by molar-refractivity contribution is -0.120. The summed E-state index contributed by atoms with van der Waals surface area (Å²) in [7, 11) is 0. The molecule has 2 aromatic carbocycles. The molecule has 31 heavy (non-hydrogen) atoms. The van der Waals surface area contributed by atoms with E-state index in [0.29, 0.717) is 11.4 Å². The Balaban J connectivity index is 1.79. The van der Waals surface area contributed by atoms with Crippen molar-refractivity contribution in [2.24, 2.45) is 0 Å². The Hall–Kier alpha value is -3.80.